The molecule has 1 unspecified atom stereocenters. The quantitative estimate of drug-likeness (QED) is 0.546. The number of rotatable bonds is 8. The molecule has 0 spiro atoms. The van der Waals surface area contributed by atoms with Crippen LogP contribution in [0.2, 0.25) is 0 Å². The van der Waals surface area contributed by atoms with Gasteiger partial charge in [0.25, 0.3) is 0 Å². The molecule has 1 aromatic rings. The fourth-order valence-electron chi connectivity index (χ4n) is 2.03. The lowest BCUT2D eigenvalue weighted by molar-refractivity contribution is 0.510. The van der Waals surface area contributed by atoms with Crippen molar-refractivity contribution in [3.8, 4) is 0 Å². The molecule has 0 saturated heterocycles. The molecule has 0 radical (unpaired) electrons. The molecule has 0 saturated carbocycles. The maximum atomic E-state index is 3.54. The summed E-state index contributed by atoms with van der Waals surface area (Å²) < 4.78 is 0. The lowest BCUT2D eigenvalue weighted by Gasteiger charge is -2.13. The number of hydrogen-bond acceptors (Lipinski definition) is 2. The van der Waals surface area contributed by atoms with E-state index >= 15 is 0 Å². The van der Waals surface area contributed by atoms with Crippen LogP contribution in [-0.2, 0) is 0 Å². The van der Waals surface area contributed by atoms with E-state index in [1.165, 1.54) is 41.0 Å². The van der Waals surface area contributed by atoms with Gasteiger partial charge < -0.3 is 5.32 Å². The van der Waals surface area contributed by atoms with E-state index in [2.05, 4.69) is 51.2 Å². The number of hydrogen-bond donors (Lipinski definition) is 1. The SMILES string of the molecule is CCCNC(C)CCCSc1ccc(C)cc1C. The Hall–Kier alpha value is -0.470. The van der Waals surface area contributed by atoms with E-state index in [1.807, 2.05) is 11.8 Å². The van der Waals surface area contributed by atoms with Gasteiger partial charge in [-0.05, 0) is 64.0 Å². The van der Waals surface area contributed by atoms with Gasteiger partial charge in [0, 0.05) is 10.9 Å². The van der Waals surface area contributed by atoms with Gasteiger partial charge >= 0.3 is 0 Å². The van der Waals surface area contributed by atoms with Crippen molar-refractivity contribution >= 4 is 11.8 Å². The molecule has 0 heterocycles. The fourth-order valence-corrected chi connectivity index (χ4v) is 3.01. The Balaban J connectivity index is 2.21. The molecule has 1 atom stereocenters. The average Bonchev–Trinajstić information content (AvgIpc) is 2.34. The van der Waals surface area contributed by atoms with Crippen molar-refractivity contribution in [2.75, 3.05) is 12.3 Å². The Bertz CT molecular complexity index is 349. The third-order valence-electron chi connectivity index (χ3n) is 3.11. The first kappa shape index (κ1) is 15.6. The summed E-state index contributed by atoms with van der Waals surface area (Å²) in [5.41, 5.74) is 2.77. The number of benzene rings is 1. The zero-order valence-electron chi connectivity index (χ0n) is 12.3. The second kappa shape index (κ2) is 8.60. The molecule has 1 nitrogen and oxygen atoms in total. The first-order valence-corrected chi connectivity index (χ1v) is 8.05. The van der Waals surface area contributed by atoms with E-state index in [0.29, 0.717) is 6.04 Å². The van der Waals surface area contributed by atoms with Gasteiger partial charge in [0.15, 0.2) is 0 Å². The summed E-state index contributed by atoms with van der Waals surface area (Å²) in [5.74, 6) is 1.22. The number of nitrogens with one attached hydrogen (secondary N) is 1. The summed E-state index contributed by atoms with van der Waals surface area (Å²) in [5, 5.41) is 3.54. The minimum atomic E-state index is 0.657. The molecule has 0 aromatic heterocycles. The van der Waals surface area contributed by atoms with Crippen molar-refractivity contribution in [3.63, 3.8) is 0 Å². The molecule has 102 valence electrons. The summed E-state index contributed by atoms with van der Waals surface area (Å²) in [4.78, 5) is 1.44. The predicted octanol–water partition coefficient (Wildman–Crippen LogP) is 4.56. The van der Waals surface area contributed by atoms with Crippen LogP contribution in [0.5, 0.6) is 0 Å². The molecule has 2 heteroatoms. The zero-order chi connectivity index (χ0) is 13.4. The highest BCUT2D eigenvalue weighted by atomic mass is 32.2. The van der Waals surface area contributed by atoms with Crippen LogP contribution in [0.15, 0.2) is 23.1 Å². The monoisotopic (exact) mass is 265 g/mol. The Morgan fingerprint density at radius 2 is 2.06 bits per heavy atom. The Kier molecular flexibility index (Phi) is 7.45. The Labute approximate surface area is 117 Å². The first-order valence-electron chi connectivity index (χ1n) is 7.07. The van der Waals surface area contributed by atoms with Crippen molar-refractivity contribution in [2.24, 2.45) is 0 Å². The number of aryl methyl sites for hydroxylation is 2. The van der Waals surface area contributed by atoms with E-state index in [-0.39, 0.29) is 0 Å². The van der Waals surface area contributed by atoms with Crippen LogP contribution in [0, 0.1) is 13.8 Å². The predicted molar refractivity (Wildman–Crippen MR) is 83.6 cm³/mol. The van der Waals surface area contributed by atoms with E-state index in [1.54, 1.807) is 0 Å². The van der Waals surface area contributed by atoms with Gasteiger partial charge in [0.2, 0.25) is 0 Å². The summed E-state index contributed by atoms with van der Waals surface area (Å²) >= 11 is 1.99. The van der Waals surface area contributed by atoms with Crippen molar-refractivity contribution < 1.29 is 0 Å². The normalized spacial score (nSPS) is 12.7. The van der Waals surface area contributed by atoms with E-state index < -0.39 is 0 Å². The molecule has 1 rings (SSSR count). The molecule has 18 heavy (non-hydrogen) atoms. The van der Waals surface area contributed by atoms with Gasteiger partial charge in [0.05, 0.1) is 0 Å². The van der Waals surface area contributed by atoms with Gasteiger partial charge in [-0.1, -0.05) is 24.6 Å². The summed E-state index contributed by atoms with van der Waals surface area (Å²) in [6.45, 7) is 10.0. The molecule has 0 aliphatic heterocycles. The van der Waals surface area contributed by atoms with Gasteiger partial charge in [-0.2, -0.15) is 0 Å². The molecule has 1 N–H and O–H groups in total. The standard InChI is InChI=1S/C16H27NS/c1-5-10-17-15(4)7-6-11-18-16-9-8-13(2)12-14(16)3/h8-9,12,15,17H,5-7,10-11H2,1-4H3. The van der Waals surface area contributed by atoms with Gasteiger partial charge in [-0.25, -0.2) is 0 Å². The van der Waals surface area contributed by atoms with Crippen LogP contribution in [0.1, 0.15) is 44.2 Å². The summed E-state index contributed by atoms with van der Waals surface area (Å²) in [6.07, 6.45) is 3.79. The highest BCUT2D eigenvalue weighted by molar-refractivity contribution is 7.99. The lowest BCUT2D eigenvalue weighted by atomic mass is 10.2. The molecule has 0 amide bonds. The largest absolute Gasteiger partial charge is 0.314 e. The first-order chi connectivity index (χ1) is 8.63. The molecule has 0 fully saturated rings. The highest BCUT2D eigenvalue weighted by Gasteiger charge is 2.02. The highest BCUT2D eigenvalue weighted by Crippen LogP contribution is 2.24. The lowest BCUT2D eigenvalue weighted by Crippen LogP contribution is -2.26. The molecule has 1 aromatic carbocycles. The van der Waals surface area contributed by atoms with Crippen molar-refractivity contribution in [1.82, 2.24) is 5.32 Å². The maximum Gasteiger partial charge on any atom is 0.0101 e. The van der Waals surface area contributed by atoms with Crippen molar-refractivity contribution in [3.05, 3.63) is 29.3 Å². The van der Waals surface area contributed by atoms with Crippen molar-refractivity contribution in [2.45, 2.75) is 57.9 Å². The van der Waals surface area contributed by atoms with Crippen LogP contribution >= 0.6 is 11.8 Å². The minimum Gasteiger partial charge on any atom is -0.314 e. The Morgan fingerprint density at radius 1 is 1.28 bits per heavy atom. The molecular formula is C16H27NS. The summed E-state index contributed by atoms with van der Waals surface area (Å²) in [6, 6.07) is 7.40. The average molecular weight is 265 g/mol. The number of thioether (sulfide) groups is 1. The third-order valence-corrected chi connectivity index (χ3v) is 4.37. The maximum absolute atomic E-state index is 3.54. The van der Waals surface area contributed by atoms with Crippen molar-refractivity contribution in [1.29, 1.82) is 0 Å². The van der Waals surface area contributed by atoms with Crippen LogP contribution in [0.3, 0.4) is 0 Å². The topological polar surface area (TPSA) is 12.0 Å². The summed E-state index contributed by atoms with van der Waals surface area (Å²) in [7, 11) is 0. The van der Waals surface area contributed by atoms with E-state index in [9.17, 15) is 0 Å². The van der Waals surface area contributed by atoms with Crippen LogP contribution in [0.25, 0.3) is 0 Å². The fraction of sp³-hybridized carbons (Fsp3) is 0.625. The second-order valence-corrected chi connectivity index (χ2v) is 6.25. The molecule has 0 bridgehead atoms. The van der Waals surface area contributed by atoms with Crippen LogP contribution < -0.4 is 5.32 Å². The molecule has 0 aliphatic rings. The second-order valence-electron chi connectivity index (χ2n) is 5.11. The van der Waals surface area contributed by atoms with Gasteiger partial charge in [-0.3, -0.25) is 0 Å². The van der Waals surface area contributed by atoms with E-state index in [4.69, 9.17) is 0 Å². The molecule has 0 aliphatic carbocycles. The Morgan fingerprint density at radius 3 is 2.72 bits per heavy atom. The van der Waals surface area contributed by atoms with Gasteiger partial charge in [-0.15, -0.1) is 11.8 Å². The van der Waals surface area contributed by atoms with Gasteiger partial charge in [0.1, 0.15) is 0 Å². The zero-order valence-corrected chi connectivity index (χ0v) is 13.1. The third kappa shape index (κ3) is 5.92. The smallest absolute Gasteiger partial charge is 0.0101 e. The minimum absolute atomic E-state index is 0.657. The van der Waals surface area contributed by atoms with Crippen LogP contribution in [-0.4, -0.2) is 18.3 Å². The van der Waals surface area contributed by atoms with E-state index in [0.717, 1.165) is 6.54 Å². The van der Waals surface area contributed by atoms with Crippen LogP contribution in [0.4, 0.5) is 0 Å². The molecular weight excluding hydrogens is 238 g/mol.